The molecule has 138 valence electrons. The van der Waals surface area contributed by atoms with E-state index in [1.54, 1.807) is 6.92 Å². The lowest BCUT2D eigenvalue weighted by Gasteiger charge is -2.36. The summed E-state index contributed by atoms with van der Waals surface area (Å²) in [7, 11) is 0. The van der Waals surface area contributed by atoms with Gasteiger partial charge in [0.1, 0.15) is 5.82 Å². The Hall–Kier alpha value is -2.37. The highest BCUT2D eigenvalue weighted by molar-refractivity contribution is 5.80. The van der Waals surface area contributed by atoms with Crippen LogP contribution in [0.3, 0.4) is 0 Å². The van der Waals surface area contributed by atoms with Gasteiger partial charge in [0.2, 0.25) is 11.8 Å². The normalized spacial score (nSPS) is 19.9. The van der Waals surface area contributed by atoms with E-state index in [2.05, 4.69) is 11.1 Å². The summed E-state index contributed by atoms with van der Waals surface area (Å²) in [6.45, 7) is 4.62. The number of hydrogen-bond donors (Lipinski definition) is 1. The van der Waals surface area contributed by atoms with E-state index in [0.29, 0.717) is 19.0 Å². The van der Waals surface area contributed by atoms with Crippen molar-refractivity contribution in [3.05, 3.63) is 30.1 Å². The van der Waals surface area contributed by atoms with E-state index in [9.17, 15) is 9.59 Å². The molecule has 0 atom stereocenters. The zero-order valence-electron chi connectivity index (χ0n) is 15.3. The summed E-state index contributed by atoms with van der Waals surface area (Å²) in [5.74, 6) is 1.91. The number of benzene rings is 1. The van der Waals surface area contributed by atoms with E-state index in [4.69, 9.17) is 4.98 Å². The summed E-state index contributed by atoms with van der Waals surface area (Å²) in [5, 5.41) is 0. The average Bonchev–Trinajstić information content (AvgIpc) is 3.12. The van der Waals surface area contributed by atoms with Gasteiger partial charge < -0.3 is 14.8 Å². The SMILES string of the molecule is CC(=O)N1CCC(C(=O)N2CCC(c3nc4ccccc4[nH]3)CC2)CC1. The topological polar surface area (TPSA) is 69.3 Å². The lowest BCUT2D eigenvalue weighted by Crippen LogP contribution is -2.46. The Kier molecular flexibility index (Phi) is 4.66. The first-order chi connectivity index (χ1) is 12.6. The number of H-pyrrole nitrogens is 1. The van der Waals surface area contributed by atoms with Crippen LogP contribution >= 0.6 is 0 Å². The second-order valence-electron chi connectivity index (χ2n) is 7.52. The van der Waals surface area contributed by atoms with Crippen LogP contribution in [-0.2, 0) is 9.59 Å². The van der Waals surface area contributed by atoms with Gasteiger partial charge in [-0.15, -0.1) is 0 Å². The van der Waals surface area contributed by atoms with Gasteiger partial charge in [0.25, 0.3) is 0 Å². The number of aromatic nitrogens is 2. The highest BCUT2D eigenvalue weighted by Crippen LogP contribution is 2.29. The molecular weight excluding hydrogens is 328 g/mol. The van der Waals surface area contributed by atoms with Crippen molar-refractivity contribution in [1.29, 1.82) is 0 Å². The third kappa shape index (κ3) is 3.32. The lowest BCUT2D eigenvalue weighted by molar-refractivity contribution is -0.140. The van der Waals surface area contributed by atoms with Gasteiger partial charge in [-0.25, -0.2) is 4.98 Å². The molecule has 2 amide bonds. The average molecular weight is 354 g/mol. The molecule has 2 aliphatic heterocycles. The smallest absolute Gasteiger partial charge is 0.225 e. The predicted octanol–water partition coefficient (Wildman–Crippen LogP) is 2.53. The van der Waals surface area contributed by atoms with Crippen LogP contribution in [0.15, 0.2) is 24.3 Å². The van der Waals surface area contributed by atoms with Gasteiger partial charge >= 0.3 is 0 Å². The maximum Gasteiger partial charge on any atom is 0.225 e. The molecule has 1 aromatic carbocycles. The van der Waals surface area contributed by atoms with E-state index in [1.165, 1.54) is 0 Å². The van der Waals surface area contributed by atoms with Crippen molar-refractivity contribution in [2.45, 2.75) is 38.5 Å². The number of amides is 2. The fourth-order valence-electron chi connectivity index (χ4n) is 4.24. The van der Waals surface area contributed by atoms with Crippen molar-refractivity contribution in [3.63, 3.8) is 0 Å². The molecule has 2 aromatic rings. The molecule has 2 aliphatic rings. The molecule has 6 heteroatoms. The number of imidazole rings is 1. The van der Waals surface area contributed by atoms with Gasteiger partial charge in [-0.2, -0.15) is 0 Å². The molecule has 1 N–H and O–H groups in total. The minimum Gasteiger partial charge on any atom is -0.343 e. The number of hydrogen-bond acceptors (Lipinski definition) is 3. The number of piperidine rings is 2. The number of rotatable bonds is 2. The fourth-order valence-corrected chi connectivity index (χ4v) is 4.24. The molecule has 1 aromatic heterocycles. The second kappa shape index (κ2) is 7.09. The van der Waals surface area contributed by atoms with Crippen LogP contribution < -0.4 is 0 Å². The number of para-hydroxylation sites is 2. The van der Waals surface area contributed by atoms with Crippen molar-refractivity contribution >= 4 is 22.8 Å². The Bertz CT molecular complexity index is 766. The number of carbonyl (C=O) groups is 2. The van der Waals surface area contributed by atoms with Crippen LogP contribution in [-0.4, -0.2) is 57.8 Å². The molecule has 3 heterocycles. The Morgan fingerprint density at radius 3 is 2.31 bits per heavy atom. The van der Waals surface area contributed by atoms with E-state index >= 15 is 0 Å². The maximum atomic E-state index is 12.8. The van der Waals surface area contributed by atoms with Crippen LogP contribution in [0.5, 0.6) is 0 Å². The van der Waals surface area contributed by atoms with E-state index in [0.717, 1.165) is 55.6 Å². The number of aromatic amines is 1. The molecule has 0 aliphatic carbocycles. The molecular formula is C20H26N4O2. The molecule has 0 bridgehead atoms. The van der Waals surface area contributed by atoms with Gasteiger partial charge in [-0.3, -0.25) is 9.59 Å². The van der Waals surface area contributed by atoms with Gasteiger partial charge in [-0.1, -0.05) is 12.1 Å². The molecule has 2 fully saturated rings. The van der Waals surface area contributed by atoms with E-state index < -0.39 is 0 Å². The summed E-state index contributed by atoms with van der Waals surface area (Å²) < 4.78 is 0. The molecule has 0 spiro atoms. The van der Waals surface area contributed by atoms with Crippen LogP contribution in [0.25, 0.3) is 11.0 Å². The van der Waals surface area contributed by atoms with Gasteiger partial charge in [-0.05, 0) is 37.8 Å². The standard InChI is InChI=1S/C20H26N4O2/c1-14(25)23-10-8-16(9-11-23)20(26)24-12-6-15(7-13-24)19-21-17-4-2-3-5-18(17)22-19/h2-5,15-16H,6-13H2,1H3,(H,21,22). The maximum absolute atomic E-state index is 12.8. The molecule has 4 rings (SSSR count). The molecule has 0 radical (unpaired) electrons. The molecule has 2 saturated heterocycles. The Balaban J connectivity index is 1.33. The first kappa shape index (κ1) is 17.1. The Morgan fingerprint density at radius 1 is 1.00 bits per heavy atom. The molecule has 6 nitrogen and oxygen atoms in total. The van der Waals surface area contributed by atoms with Crippen molar-refractivity contribution in [1.82, 2.24) is 19.8 Å². The van der Waals surface area contributed by atoms with Crippen LogP contribution in [0, 0.1) is 5.92 Å². The quantitative estimate of drug-likeness (QED) is 0.901. The third-order valence-corrected chi connectivity index (χ3v) is 5.89. The number of likely N-dealkylation sites (tertiary alicyclic amines) is 2. The zero-order valence-corrected chi connectivity index (χ0v) is 15.3. The number of nitrogens with zero attached hydrogens (tertiary/aromatic N) is 3. The minimum atomic E-state index is 0.0772. The van der Waals surface area contributed by atoms with Crippen LogP contribution in [0.4, 0.5) is 0 Å². The van der Waals surface area contributed by atoms with Crippen LogP contribution in [0.2, 0.25) is 0 Å². The Morgan fingerprint density at radius 2 is 1.65 bits per heavy atom. The highest BCUT2D eigenvalue weighted by Gasteiger charge is 2.32. The van der Waals surface area contributed by atoms with E-state index in [-0.39, 0.29) is 17.7 Å². The van der Waals surface area contributed by atoms with Crippen molar-refractivity contribution < 1.29 is 9.59 Å². The van der Waals surface area contributed by atoms with Gasteiger partial charge in [0.05, 0.1) is 11.0 Å². The summed E-state index contributed by atoms with van der Waals surface area (Å²) in [6, 6.07) is 8.11. The summed E-state index contributed by atoms with van der Waals surface area (Å²) >= 11 is 0. The van der Waals surface area contributed by atoms with Crippen LogP contribution in [0.1, 0.15) is 44.3 Å². The van der Waals surface area contributed by atoms with Crippen molar-refractivity contribution in [2.24, 2.45) is 5.92 Å². The highest BCUT2D eigenvalue weighted by atomic mass is 16.2. The summed E-state index contributed by atoms with van der Waals surface area (Å²) in [5.41, 5.74) is 2.09. The Labute approximate surface area is 153 Å². The molecule has 26 heavy (non-hydrogen) atoms. The first-order valence-corrected chi connectivity index (χ1v) is 9.61. The predicted molar refractivity (Wildman–Crippen MR) is 99.6 cm³/mol. The monoisotopic (exact) mass is 354 g/mol. The number of nitrogens with one attached hydrogen (secondary N) is 1. The van der Waals surface area contributed by atoms with Crippen molar-refractivity contribution in [3.8, 4) is 0 Å². The third-order valence-electron chi connectivity index (χ3n) is 5.89. The second-order valence-corrected chi connectivity index (χ2v) is 7.52. The summed E-state index contributed by atoms with van der Waals surface area (Å²) in [6.07, 6.45) is 3.50. The van der Waals surface area contributed by atoms with Gasteiger partial charge in [0.15, 0.2) is 0 Å². The van der Waals surface area contributed by atoms with Crippen molar-refractivity contribution in [2.75, 3.05) is 26.2 Å². The largest absolute Gasteiger partial charge is 0.343 e. The van der Waals surface area contributed by atoms with E-state index in [1.807, 2.05) is 28.0 Å². The number of carbonyl (C=O) groups excluding carboxylic acids is 2. The lowest BCUT2D eigenvalue weighted by atomic mass is 9.92. The number of fused-ring (bicyclic) bond motifs is 1. The fraction of sp³-hybridized carbons (Fsp3) is 0.550. The zero-order chi connectivity index (χ0) is 18.1. The minimum absolute atomic E-state index is 0.0772. The molecule has 0 unspecified atom stereocenters. The first-order valence-electron chi connectivity index (χ1n) is 9.61. The summed E-state index contributed by atoms with van der Waals surface area (Å²) in [4.78, 5) is 36.3. The van der Waals surface area contributed by atoms with Gasteiger partial charge in [0, 0.05) is 44.9 Å². The molecule has 0 saturated carbocycles.